The third kappa shape index (κ3) is 3.44. The quantitative estimate of drug-likeness (QED) is 0.797. The van der Waals surface area contributed by atoms with Crippen LogP contribution in [0.1, 0.15) is 43.0 Å². The van der Waals surface area contributed by atoms with E-state index in [1.165, 1.54) is 35.0 Å². The summed E-state index contributed by atoms with van der Waals surface area (Å²) < 4.78 is 1.27. The molecular formula is C16H22N4O3S. The molecule has 7 nitrogen and oxygen atoms in total. The third-order valence-corrected chi connectivity index (χ3v) is 5.28. The van der Waals surface area contributed by atoms with Crippen molar-refractivity contribution in [1.82, 2.24) is 19.6 Å². The minimum atomic E-state index is -0.572. The number of hydrogen-bond acceptors (Lipinski definition) is 6. The molecule has 8 heteroatoms. The van der Waals surface area contributed by atoms with E-state index in [-0.39, 0.29) is 5.56 Å². The lowest BCUT2D eigenvalue weighted by atomic mass is 10.0. The molecule has 1 atom stereocenters. The molecule has 1 fully saturated rings. The molecular weight excluding hydrogens is 328 g/mol. The van der Waals surface area contributed by atoms with Crippen LogP contribution in [0.15, 0.2) is 16.4 Å². The third-order valence-electron chi connectivity index (χ3n) is 4.52. The highest BCUT2D eigenvalue weighted by Gasteiger charge is 2.21. The summed E-state index contributed by atoms with van der Waals surface area (Å²) >= 11 is 1.23. The fraction of sp³-hybridized carbons (Fsp3) is 0.562. The molecule has 2 aromatic heterocycles. The molecule has 1 unspecified atom stereocenters. The number of nitrogens with zero attached hydrogens (tertiary/aromatic N) is 3. The van der Waals surface area contributed by atoms with E-state index in [4.69, 9.17) is 0 Å². The average molecular weight is 350 g/mol. The minimum Gasteiger partial charge on any atom is -0.492 e. The molecule has 24 heavy (non-hydrogen) atoms. The van der Waals surface area contributed by atoms with E-state index in [1.54, 1.807) is 11.6 Å². The number of hydrogen-bond donors (Lipinski definition) is 2. The van der Waals surface area contributed by atoms with Gasteiger partial charge in [-0.2, -0.15) is 4.98 Å². The molecule has 2 aromatic rings. The number of thiazole rings is 1. The van der Waals surface area contributed by atoms with Crippen molar-refractivity contribution >= 4 is 22.2 Å². The van der Waals surface area contributed by atoms with Crippen LogP contribution in [0.5, 0.6) is 5.88 Å². The number of fused-ring (bicyclic) bond motifs is 1. The molecule has 0 radical (unpaired) electrons. The zero-order chi connectivity index (χ0) is 17.1. The van der Waals surface area contributed by atoms with Crippen molar-refractivity contribution < 1.29 is 9.90 Å². The summed E-state index contributed by atoms with van der Waals surface area (Å²) in [6, 6.07) is 0.591. The van der Waals surface area contributed by atoms with E-state index in [2.05, 4.69) is 22.1 Å². The van der Waals surface area contributed by atoms with E-state index in [1.807, 2.05) is 0 Å². The van der Waals surface area contributed by atoms with Crippen molar-refractivity contribution in [3.8, 4) is 5.88 Å². The molecule has 0 bridgehead atoms. The van der Waals surface area contributed by atoms with Crippen molar-refractivity contribution in [2.75, 3.05) is 19.6 Å². The number of amides is 1. The largest absolute Gasteiger partial charge is 0.492 e. The van der Waals surface area contributed by atoms with Gasteiger partial charge in [0.2, 0.25) is 5.88 Å². The predicted octanol–water partition coefficient (Wildman–Crippen LogP) is 1.46. The first-order chi connectivity index (χ1) is 11.6. The summed E-state index contributed by atoms with van der Waals surface area (Å²) in [5.74, 6) is -1.08. The maximum Gasteiger partial charge on any atom is 0.275 e. The Morgan fingerprint density at radius 1 is 1.50 bits per heavy atom. The zero-order valence-electron chi connectivity index (χ0n) is 13.7. The monoisotopic (exact) mass is 350 g/mol. The van der Waals surface area contributed by atoms with Crippen molar-refractivity contribution in [2.45, 2.75) is 38.6 Å². The fourth-order valence-electron chi connectivity index (χ4n) is 3.13. The van der Waals surface area contributed by atoms with Crippen LogP contribution in [0, 0.1) is 0 Å². The summed E-state index contributed by atoms with van der Waals surface area (Å²) in [5, 5.41) is 14.3. The van der Waals surface area contributed by atoms with Gasteiger partial charge in [-0.3, -0.25) is 14.0 Å². The van der Waals surface area contributed by atoms with Crippen LogP contribution >= 0.6 is 11.3 Å². The van der Waals surface area contributed by atoms with Crippen LogP contribution in [0.4, 0.5) is 0 Å². The SMILES string of the molecule is CC1CCCCN1CCCNC(=O)c1c(O)nc2sccn2c1=O. The van der Waals surface area contributed by atoms with Crippen LogP contribution in [-0.2, 0) is 0 Å². The van der Waals surface area contributed by atoms with Gasteiger partial charge >= 0.3 is 0 Å². The molecule has 1 aliphatic heterocycles. The lowest BCUT2D eigenvalue weighted by molar-refractivity contribution is 0.0943. The van der Waals surface area contributed by atoms with E-state index in [0.717, 1.165) is 19.5 Å². The van der Waals surface area contributed by atoms with Crippen LogP contribution in [0.25, 0.3) is 4.96 Å². The Labute approximate surface area is 143 Å². The van der Waals surface area contributed by atoms with Crippen molar-refractivity contribution in [3.63, 3.8) is 0 Å². The van der Waals surface area contributed by atoms with Gasteiger partial charge in [-0.1, -0.05) is 6.42 Å². The second kappa shape index (κ2) is 7.31. The number of piperidine rings is 1. The Morgan fingerprint density at radius 3 is 3.12 bits per heavy atom. The predicted molar refractivity (Wildman–Crippen MR) is 92.8 cm³/mol. The molecule has 3 heterocycles. The van der Waals surface area contributed by atoms with E-state index in [0.29, 0.717) is 17.5 Å². The summed E-state index contributed by atoms with van der Waals surface area (Å²) in [6.07, 6.45) is 6.10. The maximum absolute atomic E-state index is 12.3. The highest BCUT2D eigenvalue weighted by Crippen LogP contribution is 2.16. The van der Waals surface area contributed by atoms with Gasteiger partial charge in [0.25, 0.3) is 11.5 Å². The lowest BCUT2D eigenvalue weighted by Crippen LogP contribution is -2.39. The molecule has 0 aliphatic carbocycles. The first-order valence-electron chi connectivity index (χ1n) is 8.29. The number of nitrogens with one attached hydrogen (secondary N) is 1. The van der Waals surface area contributed by atoms with Crippen LogP contribution in [0.2, 0.25) is 0 Å². The topological polar surface area (TPSA) is 86.9 Å². The molecule has 0 saturated carbocycles. The molecule has 3 rings (SSSR count). The van der Waals surface area contributed by atoms with E-state index >= 15 is 0 Å². The number of carbonyl (C=O) groups is 1. The molecule has 0 spiro atoms. The van der Waals surface area contributed by atoms with Gasteiger partial charge in [-0.15, -0.1) is 11.3 Å². The molecule has 1 amide bonds. The van der Waals surface area contributed by atoms with Gasteiger partial charge in [-0.05, 0) is 32.7 Å². The molecule has 1 aliphatic rings. The molecule has 2 N–H and O–H groups in total. The smallest absolute Gasteiger partial charge is 0.275 e. The number of likely N-dealkylation sites (tertiary alicyclic amines) is 1. The number of aromatic hydroxyl groups is 1. The number of carbonyl (C=O) groups excluding carboxylic acids is 1. The molecule has 130 valence electrons. The Balaban J connectivity index is 1.58. The average Bonchev–Trinajstić information content (AvgIpc) is 3.01. The van der Waals surface area contributed by atoms with Gasteiger partial charge in [-0.25, -0.2) is 0 Å². The first-order valence-corrected chi connectivity index (χ1v) is 9.17. The Kier molecular flexibility index (Phi) is 5.15. The highest BCUT2D eigenvalue weighted by atomic mass is 32.1. The Bertz CT molecular complexity index is 785. The van der Waals surface area contributed by atoms with Gasteiger partial charge in [0.05, 0.1) is 0 Å². The van der Waals surface area contributed by atoms with Gasteiger partial charge in [0, 0.05) is 30.7 Å². The second-order valence-electron chi connectivity index (χ2n) is 6.16. The zero-order valence-corrected chi connectivity index (χ0v) is 14.5. The highest BCUT2D eigenvalue weighted by molar-refractivity contribution is 7.15. The summed E-state index contributed by atoms with van der Waals surface area (Å²) in [5.41, 5.74) is -0.835. The Hall–Kier alpha value is -1.93. The summed E-state index contributed by atoms with van der Waals surface area (Å²) in [7, 11) is 0. The van der Waals surface area contributed by atoms with Crippen LogP contribution in [0.3, 0.4) is 0 Å². The van der Waals surface area contributed by atoms with Gasteiger partial charge in [0.15, 0.2) is 10.5 Å². The Morgan fingerprint density at radius 2 is 2.33 bits per heavy atom. The number of rotatable bonds is 5. The lowest BCUT2D eigenvalue weighted by Gasteiger charge is -2.33. The molecule has 1 saturated heterocycles. The standard InChI is InChI=1S/C16H22N4O3S/c1-11-5-2-3-7-19(11)8-4-6-17-13(21)12-14(22)18-16-20(15(12)23)9-10-24-16/h9-11,22H,2-8H2,1H3,(H,17,21). The van der Waals surface area contributed by atoms with Gasteiger partial charge in [0.1, 0.15) is 0 Å². The normalized spacial score (nSPS) is 18.8. The summed E-state index contributed by atoms with van der Waals surface area (Å²) in [4.78, 5) is 31.2. The van der Waals surface area contributed by atoms with Crippen molar-refractivity contribution in [2.24, 2.45) is 0 Å². The fourth-order valence-corrected chi connectivity index (χ4v) is 3.83. The van der Waals surface area contributed by atoms with Crippen molar-refractivity contribution in [3.05, 3.63) is 27.5 Å². The van der Waals surface area contributed by atoms with E-state index in [9.17, 15) is 14.7 Å². The van der Waals surface area contributed by atoms with Gasteiger partial charge < -0.3 is 15.3 Å². The number of aromatic nitrogens is 2. The van der Waals surface area contributed by atoms with E-state index < -0.39 is 17.3 Å². The van der Waals surface area contributed by atoms with Crippen LogP contribution in [-0.4, -0.2) is 51.0 Å². The first kappa shape index (κ1) is 16.9. The van der Waals surface area contributed by atoms with Crippen molar-refractivity contribution in [1.29, 1.82) is 0 Å². The maximum atomic E-state index is 12.3. The molecule has 0 aromatic carbocycles. The van der Waals surface area contributed by atoms with Crippen LogP contribution < -0.4 is 10.9 Å². The minimum absolute atomic E-state index is 0.294. The summed E-state index contributed by atoms with van der Waals surface area (Å²) in [6.45, 7) is 4.73. The second-order valence-corrected chi connectivity index (χ2v) is 7.03.